The first-order valence-corrected chi connectivity index (χ1v) is 10.3. The van der Waals surface area contributed by atoms with E-state index in [2.05, 4.69) is 10.6 Å². The van der Waals surface area contributed by atoms with Crippen LogP contribution in [0.25, 0.3) is 0 Å². The van der Waals surface area contributed by atoms with Crippen molar-refractivity contribution in [3.8, 4) is 17.2 Å². The summed E-state index contributed by atoms with van der Waals surface area (Å²) < 4.78 is 15.7. The van der Waals surface area contributed by atoms with Gasteiger partial charge in [-0.2, -0.15) is 0 Å². The summed E-state index contributed by atoms with van der Waals surface area (Å²) in [4.78, 5) is 38.4. The van der Waals surface area contributed by atoms with Crippen molar-refractivity contribution >= 4 is 23.6 Å². The molecule has 2 aromatic carbocycles. The van der Waals surface area contributed by atoms with E-state index in [1.165, 1.54) is 14.2 Å². The Morgan fingerprint density at radius 1 is 0.938 bits per heavy atom. The molecule has 0 bridgehead atoms. The predicted molar refractivity (Wildman–Crippen MR) is 118 cm³/mol. The number of nitrogens with one attached hydrogen (secondary N) is 2. The number of carbonyl (C=O) groups excluding carboxylic acids is 3. The number of rotatable bonds is 6. The van der Waals surface area contributed by atoms with E-state index >= 15 is 0 Å². The van der Waals surface area contributed by atoms with Gasteiger partial charge in [-0.1, -0.05) is 18.2 Å². The Labute approximate surface area is 186 Å². The van der Waals surface area contributed by atoms with Crippen LogP contribution < -0.4 is 24.8 Å². The number of para-hydroxylation sites is 1. The molecule has 0 aliphatic carbocycles. The number of amides is 3. The van der Waals surface area contributed by atoms with E-state index in [1.54, 1.807) is 47.4 Å². The minimum absolute atomic E-state index is 0.166. The third kappa shape index (κ3) is 6.13. The quantitative estimate of drug-likeness (QED) is 0.668. The van der Waals surface area contributed by atoms with Crippen LogP contribution in [-0.4, -0.2) is 56.7 Å². The summed E-state index contributed by atoms with van der Waals surface area (Å²) >= 11 is 0. The fourth-order valence-electron chi connectivity index (χ4n) is 3.38. The van der Waals surface area contributed by atoms with Crippen LogP contribution in [0.15, 0.2) is 48.5 Å². The average Bonchev–Trinajstić information content (AvgIpc) is 2.83. The predicted octanol–water partition coefficient (Wildman–Crippen LogP) is 2.67. The molecular weight excluding hydrogens is 414 g/mol. The SMILES string of the molecule is COc1ccc(OC)c(NC(=O)C(=O)NCC2CCN(C(=O)Oc3ccccc3)CC2)c1. The van der Waals surface area contributed by atoms with E-state index in [0.717, 1.165) is 0 Å². The highest BCUT2D eigenvalue weighted by atomic mass is 16.6. The van der Waals surface area contributed by atoms with Crippen molar-refractivity contribution in [1.82, 2.24) is 10.2 Å². The molecule has 9 nitrogen and oxygen atoms in total. The smallest absolute Gasteiger partial charge is 0.415 e. The Bertz CT molecular complexity index is 942. The van der Waals surface area contributed by atoms with Crippen molar-refractivity contribution in [2.45, 2.75) is 12.8 Å². The monoisotopic (exact) mass is 441 g/mol. The molecule has 2 N–H and O–H groups in total. The van der Waals surface area contributed by atoms with Gasteiger partial charge in [-0.3, -0.25) is 9.59 Å². The number of likely N-dealkylation sites (tertiary alicyclic amines) is 1. The lowest BCUT2D eigenvalue weighted by Crippen LogP contribution is -2.44. The summed E-state index contributed by atoms with van der Waals surface area (Å²) in [6.07, 6.45) is 1.02. The second-order valence-electron chi connectivity index (χ2n) is 7.34. The zero-order chi connectivity index (χ0) is 22.9. The molecule has 2 aromatic rings. The van der Waals surface area contributed by atoms with Crippen molar-refractivity contribution < 1.29 is 28.6 Å². The molecule has 3 amide bonds. The van der Waals surface area contributed by atoms with Crippen LogP contribution in [0.2, 0.25) is 0 Å². The standard InChI is InChI=1S/C23H27N3O6/c1-30-18-8-9-20(31-2)19(14-18)25-22(28)21(27)24-15-16-10-12-26(13-11-16)23(29)32-17-6-4-3-5-7-17/h3-9,14,16H,10-13,15H2,1-2H3,(H,24,27)(H,25,28). The summed E-state index contributed by atoms with van der Waals surface area (Å²) in [5.74, 6) is 0.0893. The fourth-order valence-corrected chi connectivity index (χ4v) is 3.38. The molecule has 1 saturated heterocycles. The third-order valence-electron chi connectivity index (χ3n) is 5.23. The van der Waals surface area contributed by atoms with E-state index in [4.69, 9.17) is 14.2 Å². The Morgan fingerprint density at radius 3 is 2.31 bits per heavy atom. The summed E-state index contributed by atoms with van der Waals surface area (Å²) in [7, 11) is 2.98. The second kappa shape index (κ2) is 11.0. The molecule has 0 radical (unpaired) electrons. The second-order valence-corrected chi connectivity index (χ2v) is 7.34. The number of benzene rings is 2. The minimum atomic E-state index is -0.791. The van der Waals surface area contributed by atoms with Gasteiger partial charge in [0.25, 0.3) is 0 Å². The first-order chi connectivity index (χ1) is 15.5. The maximum absolute atomic E-state index is 12.3. The van der Waals surface area contributed by atoms with Crippen LogP contribution in [0.4, 0.5) is 10.5 Å². The van der Waals surface area contributed by atoms with E-state index in [0.29, 0.717) is 55.4 Å². The number of methoxy groups -OCH3 is 2. The van der Waals surface area contributed by atoms with Crippen molar-refractivity contribution in [2.24, 2.45) is 5.92 Å². The van der Waals surface area contributed by atoms with E-state index < -0.39 is 11.8 Å². The van der Waals surface area contributed by atoms with E-state index in [1.807, 2.05) is 6.07 Å². The van der Waals surface area contributed by atoms with Gasteiger partial charge in [0.05, 0.1) is 19.9 Å². The van der Waals surface area contributed by atoms with Crippen LogP contribution in [0.5, 0.6) is 17.2 Å². The van der Waals surface area contributed by atoms with E-state index in [9.17, 15) is 14.4 Å². The number of carbonyl (C=O) groups is 3. The van der Waals surface area contributed by atoms with E-state index in [-0.39, 0.29) is 12.0 Å². The first-order valence-electron chi connectivity index (χ1n) is 10.3. The van der Waals surface area contributed by atoms with Gasteiger partial charge in [0, 0.05) is 25.7 Å². The van der Waals surface area contributed by atoms with Gasteiger partial charge >= 0.3 is 17.9 Å². The molecule has 1 heterocycles. The molecule has 0 atom stereocenters. The van der Waals surface area contributed by atoms with Crippen molar-refractivity contribution in [3.63, 3.8) is 0 Å². The molecule has 0 aromatic heterocycles. The molecule has 1 aliphatic heterocycles. The number of hydrogen-bond donors (Lipinski definition) is 2. The van der Waals surface area contributed by atoms with Gasteiger partial charge in [-0.25, -0.2) is 4.79 Å². The van der Waals surface area contributed by atoms with Crippen molar-refractivity contribution in [3.05, 3.63) is 48.5 Å². The van der Waals surface area contributed by atoms with Gasteiger partial charge < -0.3 is 29.7 Å². The number of nitrogens with zero attached hydrogens (tertiary/aromatic N) is 1. The van der Waals surface area contributed by atoms with Gasteiger partial charge in [-0.15, -0.1) is 0 Å². The van der Waals surface area contributed by atoms with Crippen LogP contribution >= 0.6 is 0 Å². The summed E-state index contributed by atoms with van der Waals surface area (Å²) in [5, 5.41) is 5.21. The van der Waals surface area contributed by atoms with Gasteiger partial charge in [-0.05, 0) is 43.0 Å². The largest absolute Gasteiger partial charge is 0.497 e. The minimum Gasteiger partial charge on any atom is -0.497 e. The number of hydrogen-bond acceptors (Lipinski definition) is 6. The Morgan fingerprint density at radius 2 is 1.66 bits per heavy atom. The zero-order valence-corrected chi connectivity index (χ0v) is 18.1. The zero-order valence-electron chi connectivity index (χ0n) is 18.1. The maximum Gasteiger partial charge on any atom is 0.415 e. The summed E-state index contributed by atoms with van der Waals surface area (Å²) in [6.45, 7) is 1.40. The lowest BCUT2D eigenvalue weighted by atomic mass is 9.97. The number of ether oxygens (including phenoxy) is 3. The third-order valence-corrected chi connectivity index (χ3v) is 5.23. The number of piperidine rings is 1. The van der Waals surface area contributed by atoms with Crippen molar-refractivity contribution in [1.29, 1.82) is 0 Å². The van der Waals surface area contributed by atoms with Crippen LogP contribution in [0.1, 0.15) is 12.8 Å². The highest BCUT2D eigenvalue weighted by molar-refractivity contribution is 6.39. The van der Waals surface area contributed by atoms with Crippen molar-refractivity contribution in [2.75, 3.05) is 39.2 Å². The average molecular weight is 441 g/mol. The Hall–Kier alpha value is -3.75. The molecular formula is C23H27N3O6. The molecule has 1 fully saturated rings. The summed E-state index contributed by atoms with van der Waals surface area (Å²) in [5.41, 5.74) is 0.345. The molecule has 1 aliphatic rings. The topological polar surface area (TPSA) is 106 Å². The first kappa shape index (κ1) is 22.9. The lowest BCUT2D eigenvalue weighted by molar-refractivity contribution is -0.136. The molecule has 0 unspecified atom stereocenters. The van der Waals surface area contributed by atoms with Gasteiger partial charge in [0.1, 0.15) is 17.2 Å². The maximum atomic E-state index is 12.3. The van der Waals surface area contributed by atoms with Crippen LogP contribution in [0, 0.1) is 5.92 Å². The molecule has 32 heavy (non-hydrogen) atoms. The van der Waals surface area contributed by atoms with Gasteiger partial charge in [0.2, 0.25) is 0 Å². The molecule has 0 spiro atoms. The highest BCUT2D eigenvalue weighted by Crippen LogP contribution is 2.28. The lowest BCUT2D eigenvalue weighted by Gasteiger charge is -2.31. The Kier molecular flexibility index (Phi) is 7.91. The summed E-state index contributed by atoms with van der Waals surface area (Å²) in [6, 6.07) is 13.8. The molecule has 9 heteroatoms. The number of anilines is 1. The molecule has 3 rings (SSSR count). The van der Waals surface area contributed by atoms with Gasteiger partial charge in [0.15, 0.2) is 0 Å². The fraction of sp³-hybridized carbons (Fsp3) is 0.348. The normalized spacial score (nSPS) is 13.8. The van der Waals surface area contributed by atoms with Crippen LogP contribution in [0.3, 0.4) is 0 Å². The molecule has 170 valence electrons. The Balaban J connectivity index is 1.43. The highest BCUT2D eigenvalue weighted by Gasteiger charge is 2.25. The van der Waals surface area contributed by atoms with Crippen LogP contribution in [-0.2, 0) is 9.59 Å². The molecule has 0 saturated carbocycles.